The van der Waals surface area contributed by atoms with Gasteiger partial charge < -0.3 is 10.1 Å². The first-order valence-corrected chi connectivity index (χ1v) is 10.5. The van der Waals surface area contributed by atoms with Crippen molar-refractivity contribution in [1.82, 2.24) is 0 Å². The van der Waals surface area contributed by atoms with Crippen molar-refractivity contribution in [2.75, 3.05) is 34.3 Å². The number of carbonyl (C=O) groups is 2. The molecule has 0 bridgehead atoms. The molecule has 138 valence electrons. The van der Waals surface area contributed by atoms with Crippen LogP contribution >= 0.6 is 22.9 Å². The molecule has 26 heavy (non-hydrogen) atoms. The predicted molar refractivity (Wildman–Crippen MR) is 101 cm³/mol. The minimum atomic E-state index is -3.47. The molecule has 0 unspecified atom stereocenters. The molecule has 11 heteroatoms. The first-order valence-electron chi connectivity index (χ1n) is 7.34. The van der Waals surface area contributed by atoms with E-state index in [1.165, 1.54) is 34.4 Å². The van der Waals surface area contributed by atoms with Crippen LogP contribution in [0, 0.1) is 0 Å². The Hall–Kier alpha value is -2.30. The number of carbonyl (C=O) groups excluding carboxylic acids is 2. The molecule has 1 saturated heterocycles. The van der Waals surface area contributed by atoms with E-state index in [9.17, 15) is 18.0 Å². The fourth-order valence-electron chi connectivity index (χ4n) is 2.34. The zero-order chi connectivity index (χ0) is 18.9. The van der Waals surface area contributed by atoms with Gasteiger partial charge in [0, 0.05) is 16.1 Å². The molecular formula is C15H14ClN3O5S2. The number of benzene rings is 1. The third-order valence-corrected chi connectivity index (χ3v) is 5.08. The Bertz CT molecular complexity index is 973. The molecule has 0 spiro atoms. The van der Waals surface area contributed by atoms with Crippen LogP contribution in [0.1, 0.15) is 9.67 Å². The molecule has 1 aromatic carbocycles. The number of hydrogen-bond acceptors (Lipinski definition) is 6. The zero-order valence-electron chi connectivity index (χ0n) is 13.5. The van der Waals surface area contributed by atoms with Gasteiger partial charge in [-0.05, 0) is 24.3 Å². The number of halogens is 1. The average molecular weight is 416 g/mol. The lowest BCUT2D eigenvalue weighted by Crippen LogP contribution is -2.22. The number of nitrogens with one attached hydrogen (secondary N) is 2. The highest BCUT2D eigenvalue weighted by Gasteiger charge is 2.25. The van der Waals surface area contributed by atoms with E-state index in [1.54, 1.807) is 11.4 Å². The Morgan fingerprint density at radius 2 is 2.00 bits per heavy atom. The first kappa shape index (κ1) is 18.5. The average Bonchev–Trinajstić information content (AvgIpc) is 3.13. The molecule has 1 fully saturated rings. The second-order valence-corrected chi connectivity index (χ2v) is 8.59. The van der Waals surface area contributed by atoms with Crippen LogP contribution in [0.4, 0.5) is 21.9 Å². The summed E-state index contributed by atoms with van der Waals surface area (Å²) in [5.41, 5.74) is 1.17. The molecule has 1 aromatic heterocycles. The maximum atomic E-state index is 12.4. The van der Waals surface area contributed by atoms with E-state index < -0.39 is 22.0 Å². The summed E-state index contributed by atoms with van der Waals surface area (Å²) in [6.07, 6.45) is 0.573. The SMILES string of the molecule is CS(=O)(=O)Nc1cc(Cl)cc(NC(=O)c2cc(N3CCOC3=O)cs2)c1. The van der Waals surface area contributed by atoms with Crippen molar-refractivity contribution in [2.45, 2.75) is 0 Å². The third-order valence-electron chi connectivity index (χ3n) is 3.34. The molecule has 0 aliphatic carbocycles. The normalized spacial score (nSPS) is 14.2. The maximum Gasteiger partial charge on any atom is 0.414 e. The molecule has 1 aliphatic rings. The summed E-state index contributed by atoms with van der Waals surface area (Å²) in [4.78, 5) is 25.8. The monoisotopic (exact) mass is 415 g/mol. The van der Waals surface area contributed by atoms with Crippen LogP contribution in [0.25, 0.3) is 0 Å². The summed E-state index contributed by atoms with van der Waals surface area (Å²) in [6.45, 7) is 0.750. The number of rotatable bonds is 5. The summed E-state index contributed by atoms with van der Waals surface area (Å²) >= 11 is 7.15. The van der Waals surface area contributed by atoms with Crippen LogP contribution < -0.4 is 14.9 Å². The summed E-state index contributed by atoms with van der Waals surface area (Å²) in [5.74, 6) is -0.401. The molecule has 0 radical (unpaired) electrons. The second-order valence-electron chi connectivity index (χ2n) is 5.49. The van der Waals surface area contributed by atoms with Gasteiger partial charge in [0.25, 0.3) is 5.91 Å². The summed E-state index contributed by atoms with van der Waals surface area (Å²) < 4.78 is 29.9. The minimum Gasteiger partial charge on any atom is -0.447 e. The van der Waals surface area contributed by atoms with Crippen molar-refractivity contribution in [1.29, 1.82) is 0 Å². The van der Waals surface area contributed by atoms with Crippen molar-refractivity contribution in [2.24, 2.45) is 0 Å². The van der Waals surface area contributed by atoms with E-state index in [4.69, 9.17) is 16.3 Å². The smallest absolute Gasteiger partial charge is 0.414 e. The maximum absolute atomic E-state index is 12.4. The number of hydrogen-bond donors (Lipinski definition) is 2. The molecule has 2 amide bonds. The molecule has 2 heterocycles. The van der Waals surface area contributed by atoms with Crippen LogP contribution in [-0.4, -0.2) is 39.8 Å². The van der Waals surface area contributed by atoms with Crippen LogP contribution in [0.15, 0.2) is 29.6 Å². The van der Waals surface area contributed by atoms with Gasteiger partial charge in [-0.25, -0.2) is 13.2 Å². The van der Waals surface area contributed by atoms with Crippen molar-refractivity contribution < 1.29 is 22.7 Å². The van der Waals surface area contributed by atoms with Gasteiger partial charge in [0.15, 0.2) is 0 Å². The summed E-state index contributed by atoms with van der Waals surface area (Å²) in [5, 5.41) is 4.61. The highest BCUT2D eigenvalue weighted by atomic mass is 35.5. The fraction of sp³-hybridized carbons (Fsp3) is 0.200. The summed E-state index contributed by atoms with van der Waals surface area (Å²) in [7, 11) is -3.47. The lowest BCUT2D eigenvalue weighted by molar-refractivity contribution is 0.103. The van der Waals surface area contributed by atoms with Crippen LogP contribution in [-0.2, 0) is 14.8 Å². The lowest BCUT2D eigenvalue weighted by atomic mass is 10.2. The highest BCUT2D eigenvalue weighted by molar-refractivity contribution is 7.92. The lowest BCUT2D eigenvalue weighted by Gasteiger charge is -2.10. The van der Waals surface area contributed by atoms with Gasteiger partial charge in [0.05, 0.1) is 29.1 Å². The van der Waals surface area contributed by atoms with E-state index in [0.29, 0.717) is 29.4 Å². The third kappa shape index (κ3) is 4.45. The Balaban J connectivity index is 1.76. The zero-order valence-corrected chi connectivity index (χ0v) is 15.9. The quantitative estimate of drug-likeness (QED) is 0.781. The fourth-order valence-corrected chi connectivity index (χ4v) is 3.91. The Morgan fingerprint density at radius 1 is 1.27 bits per heavy atom. The number of cyclic esters (lactones) is 1. The largest absolute Gasteiger partial charge is 0.447 e. The van der Waals surface area contributed by atoms with Gasteiger partial charge in [0.1, 0.15) is 6.61 Å². The number of amides is 2. The molecule has 3 rings (SSSR count). The van der Waals surface area contributed by atoms with Gasteiger partial charge in [-0.2, -0.15) is 0 Å². The minimum absolute atomic E-state index is 0.238. The second kappa shape index (κ2) is 7.14. The molecule has 0 saturated carbocycles. The van der Waals surface area contributed by atoms with Crippen molar-refractivity contribution in [3.63, 3.8) is 0 Å². The van der Waals surface area contributed by atoms with Gasteiger partial charge >= 0.3 is 6.09 Å². The van der Waals surface area contributed by atoms with E-state index in [2.05, 4.69) is 10.0 Å². The van der Waals surface area contributed by atoms with E-state index in [0.717, 1.165) is 6.26 Å². The standard InChI is InChI=1S/C15H14ClN3O5S2/c1-26(22,23)18-11-5-9(16)4-10(6-11)17-14(20)13-7-12(8-25-13)19-2-3-24-15(19)21/h4-8,18H,2-3H2,1H3,(H,17,20). The number of sulfonamides is 1. The molecule has 1 aliphatic heterocycles. The van der Waals surface area contributed by atoms with Crippen molar-refractivity contribution in [3.8, 4) is 0 Å². The van der Waals surface area contributed by atoms with E-state index in [1.807, 2.05) is 0 Å². The Kier molecular flexibility index (Phi) is 5.08. The number of anilines is 3. The molecule has 0 atom stereocenters. The number of nitrogens with zero attached hydrogens (tertiary/aromatic N) is 1. The van der Waals surface area contributed by atoms with Gasteiger partial charge in [0.2, 0.25) is 10.0 Å². The van der Waals surface area contributed by atoms with E-state index in [-0.39, 0.29) is 10.7 Å². The van der Waals surface area contributed by atoms with Crippen molar-refractivity contribution >= 4 is 62.0 Å². The van der Waals surface area contributed by atoms with Crippen LogP contribution in [0.5, 0.6) is 0 Å². The van der Waals surface area contributed by atoms with Gasteiger partial charge in [-0.3, -0.25) is 14.4 Å². The first-order chi connectivity index (χ1) is 12.2. The van der Waals surface area contributed by atoms with Crippen LogP contribution in [0.2, 0.25) is 5.02 Å². The molecule has 8 nitrogen and oxygen atoms in total. The highest BCUT2D eigenvalue weighted by Crippen LogP contribution is 2.28. The van der Waals surface area contributed by atoms with E-state index >= 15 is 0 Å². The predicted octanol–water partition coefficient (Wildman–Crippen LogP) is 2.98. The Morgan fingerprint density at radius 3 is 2.65 bits per heavy atom. The Labute approximate surface area is 158 Å². The molecule has 2 N–H and O–H groups in total. The summed E-state index contributed by atoms with van der Waals surface area (Å²) in [6, 6.07) is 5.98. The number of ether oxygens (including phenoxy) is 1. The van der Waals surface area contributed by atoms with Gasteiger partial charge in [-0.1, -0.05) is 11.6 Å². The van der Waals surface area contributed by atoms with Crippen LogP contribution in [0.3, 0.4) is 0 Å². The topological polar surface area (TPSA) is 105 Å². The molecular weight excluding hydrogens is 402 g/mol. The number of thiophene rings is 1. The van der Waals surface area contributed by atoms with Crippen molar-refractivity contribution in [3.05, 3.63) is 39.5 Å². The molecule has 2 aromatic rings. The van der Waals surface area contributed by atoms with Gasteiger partial charge in [-0.15, -0.1) is 11.3 Å².